The number of carbonyl (C=O) groups is 1. The molecule has 0 N–H and O–H groups in total. The quantitative estimate of drug-likeness (QED) is 0.792. The number of furan rings is 1. The van der Waals surface area contributed by atoms with Crippen LogP contribution in [0.25, 0.3) is 0 Å². The Balaban J connectivity index is 2.24. The number of rotatable bonds is 4. The van der Waals surface area contributed by atoms with Crippen LogP contribution in [0.15, 0.2) is 45.7 Å². The lowest BCUT2D eigenvalue weighted by atomic mass is 10.1. The van der Waals surface area contributed by atoms with Gasteiger partial charge in [-0.15, -0.1) is 0 Å². The first kappa shape index (κ1) is 15.1. The average Bonchev–Trinajstić information content (AvgIpc) is 2.81. The standard InChI is InChI=1S/C15H15BrClNO2/c1-10(2)18(9-11-4-3-5-12(17)8-11)15(19)13-6-7-20-14(13)16/h3-8,10H,9H2,1-2H3. The van der Waals surface area contributed by atoms with Crippen molar-refractivity contribution >= 4 is 33.4 Å². The van der Waals surface area contributed by atoms with Crippen molar-refractivity contribution in [3.05, 3.63) is 57.4 Å². The summed E-state index contributed by atoms with van der Waals surface area (Å²) in [4.78, 5) is 14.3. The van der Waals surface area contributed by atoms with Crippen molar-refractivity contribution in [1.82, 2.24) is 4.90 Å². The molecule has 1 amide bonds. The molecule has 5 heteroatoms. The molecule has 0 saturated carbocycles. The number of carbonyl (C=O) groups excluding carboxylic acids is 1. The van der Waals surface area contributed by atoms with Crippen LogP contribution in [0.5, 0.6) is 0 Å². The van der Waals surface area contributed by atoms with Crippen LogP contribution >= 0.6 is 27.5 Å². The average molecular weight is 357 g/mol. The van der Waals surface area contributed by atoms with Crippen molar-refractivity contribution in [2.45, 2.75) is 26.4 Å². The summed E-state index contributed by atoms with van der Waals surface area (Å²) < 4.78 is 5.59. The maximum atomic E-state index is 12.6. The molecule has 2 aromatic rings. The van der Waals surface area contributed by atoms with Gasteiger partial charge in [-0.2, -0.15) is 0 Å². The highest BCUT2D eigenvalue weighted by molar-refractivity contribution is 9.10. The van der Waals surface area contributed by atoms with E-state index in [0.717, 1.165) is 5.56 Å². The van der Waals surface area contributed by atoms with E-state index >= 15 is 0 Å². The molecular formula is C15H15BrClNO2. The topological polar surface area (TPSA) is 33.5 Å². The molecule has 0 aliphatic rings. The molecule has 0 atom stereocenters. The Morgan fingerprint density at radius 2 is 2.15 bits per heavy atom. The third-order valence-electron chi connectivity index (χ3n) is 2.97. The molecule has 1 heterocycles. The summed E-state index contributed by atoms with van der Waals surface area (Å²) in [5.74, 6) is -0.0689. The van der Waals surface area contributed by atoms with Crippen LogP contribution in [0.4, 0.5) is 0 Å². The van der Waals surface area contributed by atoms with E-state index in [1.54, 1.807) is 11.0 Å². The smallest absolute Gasteiger partial charge is 0.258 e. The predicted octanol–water partition coefficient (Wildman–Crippen LogP) is 4.75. The number of hydrogen-bond donors (Lipinski definition) is 0. The summed E-state index contributed by atoms with van der Waals surface area (Å²) in [5, 5.41) is 0.670. The Kier molecular flexibility index (Phi) is 4.89. The fourth-order valence-corrected chi connectivity index (χ4v) is 2.54. The maximum absolute atomic E-state index is 12.6. The normalized spacial score (nSPS) is 10.8. The first-order valence-electron chi connectivity index (χ1n) is 6.27. The summed E-state index contributed by atoms with van der Waals surface area (Å²) >= 11 is 9.23. The van der Waals surface area contributed by atoms with Gasteiger partial charge in [0, 0.05) is 17.6 Å². The Labute approximate surface area is 131 Å². The largest absolute Gasteiger partial charge is 0.457 e. The lowest BCUT2D eigenvalue weighted by Gasteiger charge is -2.26. The zero-order chi connectivity index (χ0) is 14.7. The van der Waals surface area contributed by atoms with E-state index in [4.69, 9.17) is 16.0 Å². The molecule has 106 valence electrons. The summed E-state index contributed by atoms with van der Waals surface area (Å²) in [6.45, 7) is 4.47. The van der Waals surface area contributed by atoms with Gasteiger partial charge in [-0.3, -0.25) is 4.79 Å². The molecule has 0 radical (unpaired) electrons. The third-order valence-corrected chi connectivity index (χ3v) is 3.82. The molecule has 0 aliphatic heterocycles. The number of nitrogens with zero attached hydrogens (tertiary/aromatic N) is 1. The monoisotopic (exact) mass is 355 g/mol. The molecule has 2 rings (SSSR count). The van der Waals surface area contributed by atoms with Gasteiger partial charge in [0.05, 0.1) is 11.8 Å². The lowest BCUT2D eigenvalue weighted by molar-refractivity contribution is 0.0688. The molecule has 0 fully saturated rings. The van der Waals surface area contributed by atoms with Gasteiger partial charge in [0.2, 0.25) is 0 Å². The summed E-state index contributed by atoms with van der Waals surface area (Å²) in [6.07, 6.45) is 1.50. The van der Waals surface area contributed by atoms with Gasteiger partial charge in [-0.05, 0) is 53.5 Å². The van der Waals surface area contributed by atoms with Gasteiger partial charge in [0.15, 0.2) is 4.67 Å². The van der Waals surface area contributed by atoms with E-state index in [2.05, 4.69) is 15.9 Å². The van der Waals surface area contributed by atoms with Crippen molar-refractivity contribution in [3.63, 3.8) is 0 Å². The molecular weight excluding hydrogens is 342 g/mol. The molecule has 20 heavy (non-hydrogen) atoms. The fourth-order valence-electron chi connectivity index (χ4n) is 1.92. The van der Waals surface area contributed by atoms with Crippen molar-refractivity contribution in [3.8, 4) is 0 Å². The number of hydrogen-bond acceptors (Lipinski definition) is 2. The lowest BCUT2D eigenvalue weighted by Crippen LogP contribution is -2.36. The van der Waals surface area contributed by atoms with E-state index in [-0.39, 0.29) is 11.9 Å². The Morgan fingerprint density at radius 3 is 2.70 bits per heavy atom. The zero-order valence-electron chi connectivity index (χ0n) is 11.3. The van der Waals surface area contributed by atoms with Crippen molar-refractivity contribution in [1.29, 1.82) is 0 Å². The van der Waals surface area contributed by atoms with Crippen LogP contribution in [0.2, 0.25) is 5.02 Å². The first-order chi connectivity index (χ1) is 9.49. The third kappa shape index (κ3) is 3.44. The van der Waals surface area contributed by atoms with Gasteiger partial charge in [0.25, 0.3) is 5.91 Å². The van der Waals surface area contributed by atoms with E-state index < -0.39 is 0 Å². The Hall–Kier alpha value is -1.26. The van der Waals surface area contributed by atoms with Crippen LogP contribution in [-0.4, -0.2) is 16.8 Å². The van der Waals surface area contributed by atoms with Crippen LogP contribution < -0.4 is 0 Å². The molecule has 0 bridgehead atoms. The summed E-state index contributed by atoms with van der Waals surface area (Å²) in [7, 11) is 0. The van der Waals surface area contributed by atoms with Gasteiger partial charge in [-0.1, -0.05) is 23.7 Å². The second-order valence-corrected chi connectivity index (χ2v) is 5.92. The number of benzene rings is 1. The van der Waals surface area contributed by atoms with E-state index in [9.17, 15) is 4.79 Å². The molecule has 0 unspecified atom stereocenters. The number of amides is 1. The summed E-state index contributed by atoms with van der Waals surface area (Å²) in [6, 6.07) is 9.27. The Bertz CT molecular complexity index is 609. The SMILES string of the molecule is CC(C)N(Cc1cccc(Cl)c1)C(=O)c1ccoc1Br. The highest BCUT2D eigenvalue weighted by Gasteiger charge is 2.22. The zero-order valence-corrected chi connectivity index (χ0v) is 13.6. The second-order valence-electron chi connectivity index (χ2n) is 4.76. The summed E-state index contributed by atoms with van der Waals surface area (Å²) in [5.41, 5.74) is 1.53. The van der Waals surface area contributed by atoms with Crippen molar-refractivity contribution < 1.29 is 9.21 Å². The van der Waals surface area contributed by atoms with Crippen LogP contribution in [0.1, 0.15) is 29.8 Å². The van der Waals surface area contributed by atoms with Crippen LogP contribution in [0, 0.1) is 0 Å². The minimum absolute atomic E-state index is 0.0689. The van der Waals surface area contributed by atoms with E-state index in [1.807, 2.05) is 38.1 Å². The molecule has 3 nitrogen and oxygen atoms in total. The highest BCUT2D eigenvalue weighted by atomic mass is 79.9. The van der Waals surface area contributed by atoms with Crippen LogP contribution in [0.3, 0.4) is 0 Å². The van der Waals surface area contributed by atoms with E-state index in [0.29, 0.717) is 21.8 Å². The molecule has 1 aromatic carbocycles. The fraction of sp³-hybridized carbons (Fsp3) is 0.267. The molecule has 1 aromatic heterocycles. The van der Waals surface area contributed by atoms with Gasteiger partial charge >= 0.3 is 0 Å². The predicted molar refractivity (Wildman–Crippen MR) is 82.9 cm³/mol. The van der Waals surface area contributed by atoms with Crippen molar-refractivity contribution in [2.24, 2.45) is 0 Å². The molecule has 0 aliphatic carbocycles. The molecule has 0 saturated heterocycles. The second kappa shape index (κ2) is 6.46. The minimum Gasteiger partial charge on any atom is -0.457 e. The maximum Gasteiger partial charge on any atom is 0.258 e. The first-order valence-corrected chi connectivity index (χ1v) is 7.44. The van der Waals surface area contributed by atoms with Crippen molar-refractivity contribution in [2.75, 3.05) is 0 Å². The van der Waals surface area contributed by atoms with Gasteiger partial charge < -0.3 is 9.32 Å². The number of halogens is 2. The van der Waals surface area contributed by atoms with Gasteiger partial charge in [-0.25, -0.2) is 0 Å². The van der Waals surface area contributed by atoms with Crippen LogP contribution in [-0.2, 0) is 6.54 Å². The van der Waals surface area contributed by atoms with Gasteiger partial charge in [0.1, 0.15) is 0 Å². The molecule has 0 spiro atoms. The minimum atomic E-state index is -0.0689. The Morgan fingerprint density at radius 1 is 1.40 bits per heavy atom. The van der Waals surface area contributed by atoms with E-state index in [1.165, 1.54) is 6.26 Å². The highest BCUT2D eigenvalue weighted by Crippen LogP contribution is 2.22.